The summed E-state index contributed by atoms with van der Waals surface area (Å²) in [5.41, 5.74) is 0.525. The molecule has 1 rings (SSSR count). The summed E-state index contributed by atoms with van der Waals surface area (Å²) in [5, 5.41) is 9.23. The lowest BCUT2D eigenvalue weighted by atomic mass is 9.98. The van der Waals surface area contributed by atoms with E-state index in [0.29, 0.717) is 26.1 Å². The van der Waals surface area contributed by atoms with Gasteiger partial charge < -0.3 is 14.6 Å². The highest BCUT2D eigenvalue weighted by molar-refractivity contribution is 5.78. The second-order valence-corrected chi connectivity index (χ2v) is 6.86. The van der Waals surface area contributed by atoms with Crippen molar-refractivity contribution < 1.29 is 24.2 Å². The largest absolute Gasteiger partial charge is 0.481 e. The Bertz CT molecular complexity index is 504. The van der Waals surface area contributed by atoms with Gasteiger partial charge in [0, 0.05) is 6.61 Å². The third kappa shape index (κ3) is 9.30. The van der Waals surface area contributed by atoms with Gasteiger partial charge in [-0.1, -0.05) is 36.8 Å². The van der Waals surface area contributed by atoms with Gasteiger partial charge in [0.2, 0.25) is 0 Å². The lowest BCUT2D eigenvalue weighted by molar-refractivity contribution is -0.160. The van der Waals surface area contributed by atoms with Gasteiger partial charge in [0.15, 0.2) is 0 Å². The number of esters is 1. The molecule has 5 nitrogen and oxygen atoms in total. The summed E-state index contributed by atoms with van der Waals surface area (Å²) in [6.45, 7) is 6.44. The highest BCUT2D eigenvalue weighted by atomic mass is 16.6. The molecule has 0 amide bonds. The number of carboxylic acids is 1. The van der Waals surface area contributed by atoms with Gasteiger partial charge in [0.25, 0.3) is 0 Å². The van der Waals surface area contributed by atoms with E-state index in [-0.39, 0.29) is 6.42 Å². The Labute approximate surface area is 144 Å². The molecule has 0 aliphatic heterocycles. The summed E-state index contributed by atoms with van der Waals surface area (Å²) in [5.74, 6) is -2.12. The van der Waals surface area contributed by atoms with Gasteiger partial charge in [0.05, 0.1) is 18.9 Å². The Morgan fingerprint density at radius 1 is 1.12 bits per heavy atom. The summed E-state index contributed by atoms with van der Waals surface area (Å²) in [7, 11) is 0. The number of rotatable bonds is 10. The molecule has 1 aromatic carbocycles. The Kier molecular flexibility index (Phi) is 8.47. The van der Waals surface area contributed by atoms with Gasteiger partial charge in [-0.05, 0) is 39.2 Å². The van der Waals surface area contributed by atoms with Crippen molar-refractivity contribution in [2.24, 2.45) is 5.92 Å². The quantitative estimate of drug-likeness (QED) is 0.519. The predicted octanol–water partition coefficient (Wildman–Crippen LogP) is 3.81. The molecule has 0 saturated heterocycles. The first-order chi connectivity index (χ1) is 11.3. The van der Waals surface area contributed by atoms with E-state index >= 15 is 0 Å². The average Bonchev–Trinajstić information content (AvgIpc) is 2.48. The minimum absolute atomic E-state index is 0.0858. The van der Waals surface area contributed by atoms with Crippen molar-refractivity contribution in [3.8, 4) is 0 Å². The smallest absolute Gasteiger partial charge is 0.307 e. The normalized spacial score (nSPS) is 12.6. The molecular formula is C19H28O5. The molecule has 5 heteroatoms. The predicted molar refractivity (Wildman–Crippen MR) is 91.5 cm³/mol. The number of benzene rings is 1. The number of unbranched alkanes of at least 4 members (excludes halogenated alkanes) is 1. The standard InChI is InChI=1S/C19H28O5/c1-19(2,3)24-17(20)13-16(18(21)22)11-7-8-12-23-14-15-9-5-4-6-10-15/h4-6,9-10,16H,7-8,11-14H2,1-3H3,(H,21,22)/t16-/m1/s1. The maximum Gasteiger partial charge on any atom is 0.307 e. The van der Waals surface area contributed by atoms with Crippen LogP contribution >= 0.6 is 0 Å². The molecule has 0 radical (unpaired) electrons. The molecular weight excluding hydrogens is 308 g/mol. The van der Waals surface area contributed by atoms with Crippen LogP contribution in [0.4, 0.5) is 0 Å². The summed E-state index contributed by atoms with van der Waals surface area (Å²) in [6.07, 6.45) is 1.83. The van der Waals surface area contributed by atoms with Crippen LogP contribution in [0.5, 0.6) is 0 Å². The molecule has 0 bridgehead atoms. The van der Waals surface area contributed by atoms with E-state index in [2.05, 4.69) is 0 Å². The minimum atomic E-state index is -0.953. The molecule has 134 valence electrons. The highest BCUT2D eigenvalue weighted by Gasteiger charge is 2.24. The first kappa shape index (κ1) is 20.2. The van der Waals surface area contributed by atoms with Crippen molar-refractivity contribution in [3.05, 3.63) is 35.9 Å². The zero-order valence-electron chi connectivity index (χ0n) is 14.8. The minimum Gasteiger partial charge on any atom is -0.481 e. The fourth-order valence-corrected chi connectivity index (χ4v) is 2.26. The maximum absolute atomic E-state index is 11.8. The van der Waals surface area contributed by atoms with Gasteiger partial charge in [-0.3, -0.25) is 9.59 Å². The van der Waals surface area contributed by atoms with Crippen LogP contribution < -0.4 is 0 Å². The van der Waals surface area contributed by atoms with Gasteiger partial charge in [-0.25, -0.2) is 0 Å². The van der Waals surface area contributed by atoms with Crippen LogP contribution in [0.15, 0.2) is 30.3 Å². The van der Waals surface area contributed by atoms with Gasteiger partial charge in [-0.15, -0.1) is 0 Å². The van der Waals surface area contributed by atoms with E-state index in [1.165, 1.54) is 0 Å². The second-order valence-electron chi connectivity index (χ2n) is 6.86. The van der Waals surface area contributed by atoms with Crippen LogP contribution in [0.3, 0.4) is 0 Å². The first-order valence-electron chi connectivity index (χ1n) is 8.34. The van der Waals surface area contributed by atoms with Crippen LogP contribution in [0.25, 0.3) is 0 Å². The molecule has 0 aromatic heterocycles. The SMILES string of the molecule is CC(C)(C)OC(=O)C[C@@H](CCCCOCc1ccccc1)C(=O)O. The molecule has 0 aliphatic carbocycles. The number of ether oxygens (including phenoxy) is 2. The molecule has 24 heavy (non-hydrogen) atoms. The topological polar surface area (TPSA) is 72.8 Å². The van der Waals surface area contributed by atoms with Gasteiger partial charge in [0.1, 0.15) is 5.60 Å². The Hall–Kier alpha value is -1.88. The number of hydrogen-bond donors (Lipinski definition) is 1. The van der Waals surface area contributed by atoms with E-state index in [1.807, 2.05) is 30.3 Å². The molecule has 1 aromatic rings. The third-order valence-corrected chi connectivity index (χ3v) is 3.39. The first-order valence-corrected chi connectivity index (χ1v) is 8.34. The van der Waals surface area contributed by atoms with Crippen molar-refractivity contribution in [1.29, 1.82) is 0 Å². The zero-order valence-corrected chi connectivity index (χ0v) is 14.8. The number of aliphatic carboxylic acids is 1. The summed E-state index contributed by atoms with van der Waals surface area (Å²) in [6, 6.07) is 9.89. The lowest BCUT2D eigenvalue weighted by Gasteiger charge is -2.21. The average molecular weight is 336 g/mol. The van der Waals surface area contributed by atoms with Gasteiger partial charge in [-0.2, -0.15) is 0 Å². The molecule has 0 saturated carbocycles. The molecule has 0 unspecified atom stereocenters. The van der Waals surface area contributed by atoms with E-state index in [9.17, 15) is 14.7 Å². The number of carbonyl (C=O) groups is 2. The molecule has 1 atom stereocenters. The Morgan fingerprint density at radius 3 is 2.38 bits per heavy atom. The summed E-state index contributed by atoms with van der Waals surface area (Å²) >= 11 is 0. The van der Waals surface area contributed by atoms with Crippen molar-refractivity contribution in [1.82, 2.24) is 0 Å². The Balaban J connectivity index is 2.22. The van der Waals surface area contributed by atoms with E-state index < -0.39 is 23.5 Å². The monoisotopic (exact) mass is 336 g/mol. The fourth-order valence-electron chi connectivity index (χ4n) is 2.26. The number of carboxylic acid groups (broad SMARTS) is 1. The van der Waals surface area contributed by atoms with Gasteiger partial charge >= 0.3 is 11.9 Å². The molecule has 0 aliphatic rings. The highest BCUT2D eigenvalue weighted by Crippen LogP contribution is 2.17. The van der Waals surface area contributed by atoms with E-state index in [0.717, 1.165) is 12.0 Å². The maximum atomic E-state index is 11.8. The van der Waals surface area contributed by atoms with Crippen molar-refractivity contribution in [2.45, 2.75) is 58.7 Å². The molecule has 1 N–H and O–H groups in total. The Morgan fingerprint density at radius 2 is 1.79 bits per heavy atom. The van der Waals surface area contributed by atoms with Crippen LogP contribution in [0.1, 0.15) is 52.0 Å². The van der Waals surface area contributed by atoms with E-state index in [4.69, 9.17) is 9.47 Å². The zero-order chi connectivity index (χ0) is 18.0. The van der Waals surface area contributed by atoms with Crippen LogP contribution in [0.2, 0.25) is 0 Å². The van der Waals surface area contributed by atoms with Crippen molar-refractivity contribution >= 4 is 11.9 Å². The lowest BCUT2D eigenvalue weighted by Crippen LogP contribution is -2.27. The van der Waals surface area contributed by atoms with E-state index in [1.54, 1.807) is 20.8 Å². The van der Waals surface area contributed by atoms with Crippen molar-refractivity contribution in [3.63, 3.8) is 0 Å². The number of carbonyl (C=O) groups excluding carboxylic acids is 1. The summed E-state index contributed by atoms with van der Waals surface area (Å²) < 4.78 is 10.8. The van der Waals surface area contributed by atoms with Crippen LogP contribution in [-0.2, 0) is 25.7 Å². The third-order valence-electron chi connectivity index (χ3n) is 3.39. The molecule has 0 spiro atoms. The summed E-state index contributed by atoms with van der Waals surface area (Å²) in [4.78, 5) is 23.0. The fraction of sp³-hybridized carbons (Fsp3) is 0.579. The molecule has 0 fully saturated rings. The second kappa shape index (κ2) is 10.1. The molecule has 0 heterocycles. The van der Waals surface area contributed by atoms with Crippen molar-refractivity contribution in [2.75, 3.05) is 6.61 Å². The van der Waals surface area contributed by atoms with Crippen LogP contribution in [-0.4, -0.2) is 29.3 Å². The number of hydrogen-bond acceptors (Lipinski definition) is 4. The van der Waals surface area contributed by atoms with Crippen LogP contribution in [0, 0.1) is 5.92 Å².